The summed E-state index contributed by atoms with van der Waals surface area (Å²) in [6.45, 7) is 8.49. The van der Waals surface area contributed by atoms with Crippen LogP contribution in [0.4, 0.5) is 0 Å². The summed E-state index contributed by atoms with van der Waals surface area (Å²) < 4.78 is 18.8. The van der Waals surface area contributed by atoms with Gasteiger partial charge in [-0.15, -0.1) is 12.6 Å². The van der Waals surface area contributed by atoms with Crippen molar-refractivity contribution in [3.8, 4) is 0 Å². The van der Waals surface area contributed by atoms with E-state index in [1.165, 1.54) is 0 Å². The van der Waals surface area contributed by atoms with Crippen molar-refractivity contribution in [1.82, 2.24) is 0 Å². The van der Waals surface area contributed by atoms with Gasteiger partial charge in [0.1, 0.15) is 0 Å². The Hall–Kier alpha value is -0.333. The van der Waals surface area contributed by atoms with Gasteiger partial charge in [-0.1, -0.05) is 58.2 Å². The minimum Gasteiger partial charge on any atom is -0.370 e. The summed E-state index contributed by atoms with van der Waals surface area (Å²) in [5, 5.41) is 0.992. The van der Waals surface area contributed by atoms with Gasteiger partial charge in [0, 0.05) is 29.9 Å². The number of hydrogen-bond acceptors (Lipinski definition) is 4. The molecule has 1 aromatic rings. The van der Waals surface area contributed by atoms with Crippen molar-refractivity contribution in [3.05, 3.63) is 24.3 Å². The zero-order valence-corrected chi connectivity index (χ0v) is 16.7. The zero-order valence-electron chi connectivity index (χ0n) is 14.8. The van der Waals surface area contributed by atoms with Crippen LogP contribution in [0.1, 0.15) is 59.3 Å². The summed E-state index contributed by atoms with van der Waals surface area (Å²) in [4.78, 5) is 0.892. The molecule has 1 aromatic carbocycles. The first-order valence-electron chi connectivity index (χ1n) is 8.90. The Kier molecular flexibility index (Phi) is 10.9. The van der Waals surface area contributed by atoms with Gasteiger partial charge in [-0.2, -0.15) is 0 Å². The van der Waals surface area contributed by atoms with Crippen LogP contribution in [0.3, 0.4) is 0 Å². The number of thiol groups is 1. The lowest BCUT2D eigenvalue weighted by Crippen LogP contribution is -2.58. The highest BCUT2D eigenvalue weighted by atomic mass is 32.1. The molecule has 23 heavy (non-hydrogen) atoms. The van der Waals surface area contributed by atoms with E-state index in [9.17, 15) is 0 Å². The van der Waals surface area contributed by atoms with E-state index in [1.54, 1.807) is 0 Å². The monoisotopic (exact) mass is 356 g/mol. The Bertz CT molecular complexity index is 402. The minimum atomic E-state index is -2.90. The average molecular weight is 357 g/mol. The molecule has 3 nitrogen and oxygen atoms in total. The number of hydrogen-bond donors (Lipinski definition) is 1. The van der Waals surface area contributed by atoms with E-state index in [4.69, 9.17) is 13.3 Å². The maximum absolute atomic E-state index is 6.28. The lowest BCUT2D eigenvalue weighted by molar-refractivity contribution is 0.0695. The third kappa shape index (κ3) is 6.97. The Morgan fingerprint density at radius 3 is 1.61 bits per heavy atom. The number of unbranched alkanes of at least 4 members (excludes halogenated alkanes) is 3. The molecule has 0 bridgehead atoms. The van der Waals surface area contributed by atoms with Gasteiger partial charge in [0.2, 0.25) is 0 Å². The van der Waals surface area contributed by atoms with Gasteiger partial charge < -0.3 is 13.3 Å². The second kappa shape index (κ2) is 12.1. The summed E-state index contributed by atoms with van der Waals surface area (Å²) in [6.07, 6.45) is 6.32. The van der Waals surface area contributed by atoms with Gasteiger partial charge >= 0.3 is 8.80 Å². The van der Waals surface area contributed by atoms with Crippen molar-refractivity contribution in [1.29, 1.82) is 0 Å². The first-order valence-corrected chi connectivity index (χ1v) is 11.1. The maximum Gasteiger partial charge on any atom is 0.538 e. The van der Waals surface area contributed by atoms with Crippen molar-refractivity contribution < 1.29 is 13.3 Å². The van der Waals surface area contributed by atoms with E-state index in [-0.39, 0.29) is 0 Å². The Morgan fingerprint density at radius 2 is 1.22 bits per heavy atom. The summed E-state index contributed by atoms with van der Waals surface area (Å²) in [5.41, 5.74) is 0. The van der Waals surface area contributed by atoms with Gasteiger partial charge in [0.05, 0.1) is 0 Å². The van der Waals surface area contributed by atoms with Crippen molar-refractivity contribution in [2.45, 2.75) is 64.2 Å². The molecule has 0 spiro atoms. The summed E-state index contributed by atoms with van der Waals surface area (Å²) >= 11 is 4.62. The highest BCUT2D eigenvalue weighted by molar-refractivity contribution is 7.80. The molecule has 0 aliphatic rings. The smallest absolute Gasteiger partial charge is 0.370 e. The fraction of sp³-hybridized carbons (Fsp3) is 0.667. The van der Waals surface area contributed by atoms with Gasteiger partial charge in [-0.25, -0.2) is 0 Å². The van der Waals surface area contributed by atoms with E-state index in [1.807, 2.05) is 24.3 Å². The fourth-order valence-corrected chi connectivity index (χ4v) is 5.37. The molecular weight excluding hydrogens is 324 g/mol. The van der Waals surface area contributed by atoms with Crippen LogP contribution in [-0.2, 0) is 13.3 Å². The van der Waals surface area contributed by atoms with E-state index >= 15 is 0 Å². The Balaban J connectivity index is 3.01. The van der Waals surface area contributed by atoms with Crippen molar-refractivity contribution in [2.75, 3.05) is 19.8 Å². The van der Waals surface area contributed by atoms with Gasteiger partial charge in [0.15, 0.2) is 0 Å². The molecule has 0 amide bonds. The predicted molar refractivity (Wildman–Crippen MR) is 102 cm³/mol. The third-order valence-electron chi connectivity index (χ3n) is 3.60. The molecule has 0 saturated heterocycles. The lowest BCUT2D eigenvalue weighted by atomic mass is 10.4. The van der Waals surface area contributed by atoms with E-state index in [0.717, 1.165) is 48.6 Å². The van der Waals surface area contributed by atoms with Crippen LogP contribution in [0.25, 0.3) is 0 Å². The molecule has 0 aliphatic carbocycles. The number of rotatable bonds is 13. The molecule has 0 radical (unpaired) electrons. The Morgan fingerprint density at radius 1 is 0.783 bits per heavy atom. The quantitative estimate of drug-likeness (QED) is 0.319. The standard InChI is InChI=1S/C18H32O3SSi/c1-4-7-14-19-23(20-15-8-5-2,21-16-9-6-3)18-13-11-10-12-17(18)22/h10-13,22H,4-9,14-16H2,1-3H3. The third-order valence-corrected chi connectivity index (χ3v) is 7.05. The van der Waals surface area contributed by atoms with Crippen LogP contribution >= 0.6 is 12.6 Å². The van der Waals surface area contributed by atoms with E-state index in [2.05, 4.69) is 33.4 Å². The van der Waals surface area contributed by atoms with Crippen LogP contribution in [0.2, 0.25) is 0 Å². The summed E-state index contributed by atoms with van der Waals surface area (Å²) in [7, 11) is -2.90. The molecule has 0 heterocycles. The molecule has 0 N–H and O–H groups in total. The minimum absolute atomic E-state index is 0.670. The van der Waals surface area contributed by atoms with E-state index in [0.29, 0.717) is 19.8 Å². The molecule has 5 heteroatoms. The second-order valence-corrected chi connectivity index (χ2v) is 8.68. The van der Waals surface area contributed by atoms with Gasteiger partial charge in [-0.3, -0.25) is 0 Å². The molecule has 0 saturated carbocycles. The maximum atomic E-state index is 6.28. The fourth-order valence-electron chi connectivity index (χ4n) is 2.14. The van der Waals surface area contributed by atoms with Crippen LogP contribution in [0.5, 0.6) is 0 Å². The zero-order chi connectivity index (χ0) is 17.0. The second-order valence-electron chi connectivity index (χ2n) is 5.68. The van der Waals surface area contributed by atoms with Crippen LogP contribution in [0.15, 0.2) is 29.2 Å². The SMILES string of the molecule is CCCCO[Si](OCCCC)(OCCCC)c1ccccc1S. The molecular formula is C18H32O3SSi. The molecule has 0 aromatic heterocycles. The molecule has 0 unspecified atom stereocenters. The van der Waals surface area contributed by atoms with E-state index < -0.39 is 8.80 Å². The predicted octanol–water partition coefficient (Wildman–Crippen LogP) is 4.57. The van der Waals surface area contributed by atoms with Gasteiger partial charge in [0.25, 0.3) is 0 Å². The Labute approximate surface area is 148 Å². The van der Waals surface area contributed by atoms with Crippen LogP contribution in [0, 0.1) is 0 Å². The van der Waals surface area contributed by atoms with Crippen LogP contribution < -0.4 is 5.19 Å². The molecule has 132 valence electrons. The highest BCUT2D eigenvalue weighted by Gasteiger charge is 2.45. The first kappa shape index (κ1) is 20.7. The summed E-state index contributed by atoms with van der Waals surface area (Å²) in [5.74, 6) is 0. The summed E-state index contributed by atoms with van der Waals surface area (Å²) in [6, 6.07) is 8.01. The van der Waals surface area contributed by atoms with Crippen molar-refractivity contribution in [2.24, 2.45) is 0 Å². The van der Waals surface area contributed by atoms with Crippen LogP contribution in [-0.4, -0.2) is 28.6 Å². The first-order chi connectivity index (χ1) is 11.2. The lowest BCUT2D eigenvalue weighted by Gasteiger charge is -2.31. The van der Waals surface area contributed by atoms with Crippen molar-refractivity contribution in [3.63, 3.8) is 0 Å². The largest absolute Gasteiger partial charge is 0.538 e. The molecule has 0 atom stereocenters. The highest BCUT2D eigenvalue weighted by Crippen LogP contribution is 2.18. The topological polar surface area (TPSA) is 27.7 Å². The molecule has 0 fully saturated rings. The van der Waals surface area contributed by atoms with Gasteiger partial charge in [-0.05, 0) is 25.3 Å². The molecule has 0 aliphatic heterocycles. The normalized spacial score (nSPS) is 11.8. The average Bonchev–Trinajstić information content (AvgIpc) is 2.55. The molecule has 1 rings (SSSR count). The van der Waals surface area contributed by atoms with Crippen molar-refractivity contribution >= 4 is 26.6 Å². The number of benzene rings is 1.